The Hall–Kier alpha value is -1.26. The number of benzene rings is 1. The SMILES string of the molecule is C#CCCCC1(O)CCCc2ccccc21. The van der Waals surface area contributed by atoms with E-state index in [1.54, 1.807) is 0 Å². The molecule has 1 aliphatic rings. The Labute approximate surface area is 97.5 Å². The normalized spacial score (nSPS) is 23.5. The molecule has 16 heavy (non-hydrogen) atoms. The van der Waals surface area contributed by atoms with E-state index in [4.69, 9.17) is 6.42 Å². The molecule has 84 valence electrons. The molecule has 1 aliphatic carbocycles. The van der Waals surface area contributed by atoms with Gasteiger partial charge in [-0.05, 0) is 43.2 Å². The van der Waals surface area contributed by atoms with Gasteiger partial charge in [0.25, 0.3) is 0 Å². The van der Waals surface area contributed by atoms with Gasteiger partial charge in [0.2, 0.25) is 0 Å². The van der Waals surface area contributed by atoms with Crippen LogP contribution in [0.5, 0.6) is 0 Å². The van der Waals surface area contributed by atoms with E-state index in [0.29, 0.717) is 0 Å². The van der Waals surface area contributed by atoms with Gasteiger partial charge in [-0.3, -0.25) is 0 Å². The minimum Gasteiger partial charge on any atom is -0.385 e. The lowest BCUT2D eigenvalue weighted by Gasteiger charge is -2.34. The van der Waals surface area contributed by atoms with E-state index in [2.05, 4.69) is 18.1 Å². The van der Waals surface area contributed by atoms with Crippen molar-refractivity contribution in [3.63, 3.8) is 0 Å². The molecule has 1 N–H and O–H groups in total. The van der Waals surface area contributed by atoms with Gasteiger partial charge in [-0.2, -0.15) is 0 Å². The molecule has 0 saturated heterocycles. The largest absolute Gasteiger partial charge is 0.385 e. The molecular weight excluding hydrogens is 196 g/mol. The van der Waals surface area contributed by atoms with Crippen LogP contribution in [0.4, 0.5) is 0 Å². The molecule has 1 heteroatoms. The minimum absolute atomic E-state index is 0.633. The van der Waals surface area contributed by atoms with Crippen LogP contribution in [0, 0.1) is 12.3 Å². The van der Waals surface area contributed by atoms with E-state index in [1.165, 1.54) is 5.56 Å². The van der Waals surface area contributed by atoms with E-state index in [-0.39, 0.29) is 0 Å². The quantitative estimate of drug-likeness (QED) is 0.605. The summed E-state index contributed by atoms with van der Waals surface area (Å²) in [6.07, 6.45) is 10.7. The Morgan fingerprint density at radius 2 is 2.19 bits per heavy atom. The average Bonchev–Trinajstić information content (AvgIpc) is 2.30. The van der Waals surface area contributed by atoms with Gasteiger partial charge in [-0.25, -0.2) is 0 Å². The number of unbranched alkanes of at least 4 members (excludes halogenated alkanes) is 1. The third-order valence-electron chi connectivity index (χ3n) is 3.47. The molecule has 1 aromatic rings. The van der Waals surface area contributed by atoms with Gasteiger partial charge >= 0.3 is 0 Å². The van der Waals surface area contributed by atoms with Gasteiger partial charge in [-0.1, -0.05) is 24.3 Å². The van der Waals surface area contributed by atoms with Crippen LogP contribution in [0.2, 0.25) is 0 Å². The number of terminal acetylenes is 1. The molecule has 0 aromatic heterocycles. The van der Waals surface area contributed by atoms with E-state index in [9.17, 15) is 5.11 Å². The molecular formula is C15H18O. The van der Waals surface area contributed by atoms with Gasteiger partial charge in [-0.15, -0.1) is 12.3 Å². The molecule has 1 unspecified atom stereocenters. The van der Waals surface area contributed by atoms with Crippen molar-refractivity contribution in [2.75, 3.05) is 0 Å². The standard InChI is InChI=1S/C15H18O/c1-2-3-6-11-15(16)12-7-9-13-8-4-5-10-14(13)15/h1,4-5,8,10,16H,3,6-7,9,11-12H2. The topological polar surface area (TPSA) is 20.2 Å². The molecule has 0 fully saturated rings. The number of rotatable bonds is 3. The van der Waals surface area contributed by atoms with Crippen LogP contribution in [0.3, 0.4) is 0 Å². The zero-order valence-electron chi connectivity index (χ0n) is 9.58. The Morgan fingerprint density at radius 3 is 3.00 bits per heavy atom. The predicted octanol–water partition coefficient (Wildman–Crippen LogP) is 3.01. The second kappa shape index (κ2) is 4.72. The van der Waals surface area contributed by atoms with Crippen molar-refractivity contribution in [1.29, 1.82) is 0 Å². The smallest absolute Gasteiger partial charge is 0.0899 e. The first-order valence-corrected chi connectivity index (χ1v) is 6.00. The summed E-state index contributed by atoms with van der Waals surface area (Å²) in [5.74, 6) is 2.64. The van der Waals surface area contributed by atoms with Crippen LogP contribution in [0.25, 0.3) is 0 Å². The molecule has 0 saturated carbocycles. The number of hydrogen-bond acceptors (Lipinski definition) is 1. The fraction of sp³-hybridized carbons (Fsp3) is 0.467. The summed E-state index contributed by atoms with van der Waals surface area (Å²) in [4.78, 5) is 0. The lowest BCUT2D eigenvalue weighted by atomic mass is 9.76. The summed E-state index contributed by atoms with van der Waals surface area (Å²) >= 11 is 0. The number of aryl methyl sites for hydroxylation is 1. The van der Waals surface area contributed by atoms with Crippen LogP contribution in [0.15, 0.2) is 24.3 Å². The van der Waals surface area contributed by atoms with Gasteiger partial charge in [0.05, 0.1) is 5.60 Å². The molecule has 0 heterocycles. The van der Waals surface area contributed by atoms with Crippen LogP contribution >= 0.6 is 0 Å². The molecule has 1 nitrogen and oxygen atoms in total. The molecule has 0 bridgehead atoms. The number of fused-ring (bicyclic) bond motifs is 1. The third-order valence-corrected chi connectivity index (χ3v) is 3.47. The second-order valence-corrected chi connectivity index (χ2v) is 4.60. The molecule has 1 aromatic carbocycles. The molecule has 0 radical (unpaired) electrons. The highest BCUT2D eigenvalue weighted by molar-refractivity contribution is 5.34. The minimum atomic E-state index is -0.633. The lowest BCUT2D eigenvalue weighted by Crippen LogP contribution is -2.30. The fourth-order valence-electron chi connectivity index (χ4n) is 2.64. The van der Waals surface area contributed by atoms with Crippen molar-refractivity contribution in [1.82, 2.24) is 0 Å². The highest BCUT2D eigenvalue weighted by Crippen LogP contribution is 2.38. The van der Waals surface area contributed by atoms with Crippen LogP contribution < -0.4 is 0 Å². The van der Waals surface area contributed by atoms with E-state index < -0.39 is 5.60 Å². The highest BCUT2D eigenvalue weighted by Gasteiger charge is 2.33. The second-order valence-electron chi connectivity index (χ2n) is 4.60. The maximum atomic E-state index is 10.7. The molecule has 0 spiro atoms. The van der Waals surface area contributed by atoms with Crippen molar-refractivity contribution in [3.8, 4) is 12.3 Å². The van der Waals surface area contributed by atoms with Gasteiger partial charge in [0, 0.05) is 6.42 Å². The molecule has 0 aliphatic heterocycles. The van der Waals surface area contributed by atoms with Gasteiger partial charge < -0.3 is 5.11 Å². The maximum absolute atomic E-state index is 10.7. The Bertz CT molecular complexity index is 402. The van der Waals surface area contributed by atoms with Crippen molar-refractivity contribution in [2.24, 2.45) is 0 Å². The Kier molecular flexibility index (Phi) is 3.31. The Morgan fingerprint density at radius 1 is 1.38 bits per heavy atom. The van der Waals surface area contributed by atoms with Crippen LogP contribution in [-0.2, 0) is 12.0 Å². The summed E-state index contributed by atoms with van der Waals surface area (Å²) in [6, 6.07) is 8.24. The van der Waals surface area contributed by atoms with Crippen LogP contribution in [-0.4, -0.2) is 5.11 Å². The van der Waals surface area contributed by atoms with E-state index in [0.717, 1.165) is 44.1 Å². The zero-order chi connectivity index (χ0) is 11.4. The summed E-state index contributed by atoms with van der Waals surface area (Å²) in [5, 5.41) is 10.7. The van der Waals surface area contributed by atoms with Crippen LogP contribution in [0.1, 0.15) is 43.2 Å². The summed E-state index contributed by atoms with van der Waals surface area (Å²) in [7, 11) is 0. The number of hydrogen-bond donors (Lipinski definition) is 1. The summed E-state index contributed by atoms with van der Waals surface area (Å²) in [6.45, 7) is 0. The van der Waals surface area contributed by atoms with Gasteiger partial charge in [0.15, 0.2) is 0 Å². The average molecular weight is 214 g/mol. The van der Waals surface area contributed by atoms with Crippen molar-refractivity contribution in [3.05, 3.63) is 35.4 Å². The zero-order valence-corrected chi connectivity index (χ0v) is 9.58. The first kappa shape index (κ1) is 11.2. The first-order chi connectivity index (χ1) is 7.76. The fourth-order valence-corrected chi connectivity index (χ4v) is 2.64. The van der Waals surface area contributed by atoms with E-state index >= 15 is 0 Å². The lowest BCUT2D eigenvalue weighted by molar-refractivity contribution is 0.00853. The predicted molar refractivity (Wildman–Crippen MR) is 66.0 cm³/mol. The van der Waals surface area contributed by atoms with Crippen molar-refractivity contribution < 1.29 is 5.11 Å². The molecule has 0 amide bonds. The first-order valence-electron chi connectivity index (χ1n) is 6.00. The van der Waals surface area contributed by atoms with Crippen molar-refractivity contribution in [2.45, 2.75) is 44.1 Å². The molecule has 1 atom stereocenters. The van der Waals surface area contributed by atoms with Gasteiger partial charge in [0.1, 0.15) is 0 Å². The monoisotopic (exact) mass is 214 g/mol. The highest BCUT2D eigenvalue weighted by atomic mass is 16.3. The van der Waals surface area contributed by atoms with E-state index in [1.807, 2.05) is 12.1 Å². The summed E-state index contributed by atoms with van der Waals surface area (Å²) in [5.41, 5.74) is 1.79. The Balaban J connectivity index is 2.20. The molecule has 2 rings (SSSR count). The van der Waals surface area contributed by atoms with Crippen molar-refractivity contribution >= 4 is 0 Å². The number of aliphatic hydroxyl groups is 1. The summed E-state index contributed by atoms with van der Waals surface area (Å²) < 4.78 is 0. The maximum Gasteiger partial charge on any atom is 0.0899 e. The third kappa shape index (κ3) is 2.13.